The predicted molar refractivity (Wildman–Crippen MR) is 102 cm³/mol. The van der Waals surface area contributed by atoms with Crippen molar-refractivity contribution in [1.29, 1.82) is 0 Å². The van der Waals surface area contributed by atoms with Crippen LogP contribution in [0.25, 0.3) is 0 Å². The van der Waals surface area contributed by atoms with Crippen molar-refractivity contribution in [1.82, 2.24) is 5.32 Å². The number of amides is 2. The van der Waals surface area contributed by atoms with E-state index in [1.54, 1.807) is 6.92 Å². The largest absolute Gasteiger partial charge is 0.445 e. The second kappa shape index (κ2) is 8.68. The third-order valence-corrected chi connectivity index (χ3v) is 4.06. The number of hydrogen-bond acceptors (Lipinski definition) is 3. The molecule has 6 heteroatoms. The van der Waals surface area contributed by atoms with Crippen molar-refractivity contribution in [2.24, 2.45) is 0 Å². The van der Waals surface area contributed by atoms with Crippen LogP contribution in [0.2, 0.25) is 0 Å². The number of benzene rings is 2. The number of anilines is 1. The van der Waals surface area contributed by atoms with Crippen molar-refractivity contribution < 1.29 is 14.3 Å². The van der Waals surface area contributed by atoms with Gasteiger partial charge < -0.3 is 15.4 Å². The fourth-order valence-corrected chi connectivity index (χ4v) is 2.66. The van der Waals surface area contributed by atoms with Crippen molar-refractivity contribution in [3.63, 3.8) is 0 Å². The van der Waals surface area contributed by atoms with Crippen molar-refractivity contribution >= 4 is 40.3 Å². The van der Waals surface area contributed by atoms with Gasteiger partial charge in [0.15, 0.2) is 0 Å². The zero-order chi connectivity index (χ0) is 17.5. The summed E-state index contributed by atoms with van der Waals surface area (Å²) in [5, 5.41) is 5.33. The second-order valence-corrected chi connectivity index (χ2v) is 6.62. The van der Waals surface area contributed by atoms with Crippen LogP contribution < -0.4 is 10.6 Å². The number of carbonyl (C=O) groups excluding carboxylic acids is 2. The molecule has 0 aliphatic carbocycles. The van der Waals surface area contributed by atoms with Crippen LogP contribution in [0.3, 0.4) is 0 Å². The molecule has 126 valence electrons. The van der Waals surface area contributed by atoms with E-state index in [1.807, 2.05) is 55.5 Å². The predicted octanol–water partition coefficient (Wildman–Crippen LogP) is 3.85. The summed E-state index contributed by atoms with van der Waals surface area (Å²) in [5.74, 6) is -0.295. The lowest BCUT2D eigenvalue weighted by Crippen LogP contribution is -2.41. The van der Waals surface area contributed by atoms with Gasteiger partial charge in [-0.3, -0.25) is 4.79 Å². The molecule has 0 bridgehead atoms. The molecule has 0 heterocycles. The first-order chi connectivity index (χ1) is 11.5. The Morgan fingerprint density at radius 1 is 1.17 bits per heavy atom. The zero-order valence-corrected chi connectivity index (χ0v) is 15.7. The smallest absolute Gasteiger partial charge is 0.408 e. The Morgan fingerprint density at radius 3 is 2.54 bits per heavy atom. The SMILES string of the molecule is Cc1cc(I)ccc1NC(=O)C(C)NC(=O)OCc1ccccc1. The van der Waals surface area contributed by atoms with E-state index < -0.39 is 12.1 Å². The average Bonchev–Trinajstić information content (AvgIpc) is 2.56. The van der Waals surface area contributed by atoms with E-state index in [0.717, 1.165) is 20.4 Å². The summed E-state index contributed by atoms with van der Waals surface area (Å²) in [6.45, 7) is 3.70. The molecule has 0 radical (unpaired) electrons. The number of ether oxygens (including phenoxy) is 1. The summed E-state index contributed by atoms with van der Waals surface area (Å²) in [7, 11) is 0. The first kappa shape index (κ1) is 18.3. The summed E-state index contributed by atoms with van der Waals surface area (Å²) in [6.07, 6.45) is -0.624. The highest BCUT2D eigenvalue weighted by atomic mass is 127. The Bertz CT molecular complexity index is 719. The van der Waals surface area contributed by atoms with Crippen LogP contribution in [0.5, 0.6) is 0 Å². The summed E-state index contributed by atoms with van der Waals surface area (Å²) in [5.41, 5.74) is 2.58. The Balaban J connectivity index is 1.83. The molecule has 2 rings (SSSR count). The lowest BCUT2D eigenvalue weighted by molar-refractivity contribution is -0.117. The minimum Gasteiger partial charge on any atom is -0.445 e. The van der Waals surface area contributed by atoms with Gasteiger partial charge in [-0.15, -0.1) is 0 Å². The van der Waals surface area contributed by atoms with E-state index in [-0.39, 0.29) is 12.5 Å². The van der Waals surface area contributed by atoms with E-state index >= 15 is 0 Å². The van der Waals surface area contributed by atoms with Gasteiger partial charge in [-0.05, 0) is 65.8 Å². The number of nitrogens with one attached hydrogen (secondary N) is 2. The minimum atomic E-state index is -0.702. The molecule has 1 unspecified atom stereocenters. The Labute approximate surface area is 154 Å². The summed E-state index contributed by atoms with van der Waals surface area (Å²) in [4.78, 5) is 24.0. The maximum atomic E-state index is 12.2. The summed E-state index contributed by atoms with van der Waals surface area (Å²) >= 11 is 2.21. The monoisotopic (exact) mass is 438 g/mol. The van der Waals surface area contributed by atoms with Gasteiger partial charge in [-0.2, -0.15) is 0 Å². The Kier molecular flexibility index (Phi) is 6.60. The first-order valence-corrected chi connectivity index (χ1v) is 8.58. The van der Waals surface area contributed by atoms with E-state index in [1.165, 1.54) is 0 Å². The Hall–Kier alpha value is -2.09. The van der Waals surface area contributed by atoms with Crippen LogP contribution in [-0.4, -0.2) is 18.0 Å². The van der Waals surface area contributed by atoms with Crippen LogP contribution in [0.1, 0.15) is 18.1 Å². The van der Waals surface area contributed by atoms with Gasteiger partial charge in [0.25, 0.3) is 0 Å². The maximum absolute atomic E-state index is 12.2. The van der Waals surface area contributed by atoms with E-state index in [9.17, 15) is 9.59 Å². The van der Waals surface area contributed by atoms with Gasteiger partial charge in [-0.1, -0.05) is 30.3 Å². The lowest BCUT2D eigenvalue weighted by atomic mass is 10.2. The van der Waals surface area contributed by atoms with Crippen LogP contribution in [0, 0.1) is 10.5 Å². The third kappa shape index (κ3) is 5.52. The molecule has 2 amide bonds. The van der Waals surface area contributed by atoms with Crippen molar-refractivity contribution in [3.8, 4) is 0 Å². The lowest BCUT2D eigenvalue weighted by Gasteiger charge is -2.15. The van der Waals surface area contributed by atoms with Gasteiger partial charge in [0, 0.05) is 9.26 Å². The highest BCUT2D eigenvalue weighted by Gasteiger charge is 2.17. The van der Waals surface area contributed by atoms with E-state index in [2.05, 4.69) is 33.2 Å². The van der Waals surface area contributed by atoms with Crippen LogP contribution >= 0.6 is 22.6 Å². The highest BCUT2D eigenvalue weighted by Crippen LogP contribution is 2.17. The molecule has 1 atom stereocenters. The first-order valence-electron chi connectivity index (χ1n) is 7.50. The fourth-order valence-electron chi connectivity index (χ4n) is 2.02. The molecule has 0 aliphatic heterocycles. The number of hydrogen-bond donors (Lipinski definition) is 2. The molecular formula is C18H19IN2O3. The van der Waals surface area contributed by atoms with Gasteiger partial charge in [0.05, 0.1) is 0 Å². The molecule has 2 aromatic carbocycles. The molecule has 0 aromatic heterocycles. The number of aryl methyl sites for hydroxylation is 1. The third-order valence-electron chi connectivity index (χ3n) is 3.39. The maximum Gasteiger partial charge on any atom is 0.408 e. The number of alkyl carbamates (subject to hydrolysis) is 1. The summed E-state index contributed by atoms with van der Waals surface area (Å²) < 4.78 is 6.20. The number of carbonyl (C=O) groups is 2. The van der Waals surface area contributed by atoms with Gasteiger partial charge in [-0.25, -0.2) is 4.79 Å². The van der Waals surface area contributed by atoms with Crippen LogP contribution in [0.4, 0.5) is 10.5 Å². The van der Waals surface area contributed by atoms with Crippen molar-refractivity contribution in [3.05, 3.63) is 63.2 Å². The normalized spacial score (nSPS) is 11.5. The van der Waals surface area contributed by atoms with Gasteiger partial charge in [0.2, 0.25) is 5.91 Å². The fraction of sp³-hybridized carbons (Fsp3) is 0.222. The van der Waals surface area contributed by atoms with Crippen LogP contribution in [-0.2, 0) is 16.1 Å². The zero-order valence-electron chi connectivity index (χ0n) is 13.5. The number of halogens is 1. The molecule has 5 nitrogen and oxygen atoms in total. The number of rotatable bonds is 5. The van der Waals surface area contributed by atoms with Gasteiger partial charge in [0.1, 0.15) is 12.6 Å². The molecule has 0 aliphatic rings. The molecule has 0 spiro atoms. The standard InChI is InChI=1S/C18H19IN2O3/c1-12-10-15(19)8-9-16(12)21-17(22)13(2)20-18(23)24-11-14-6-4-3-5-7-14/h3-10,13H,11H2,1-2H3,(H,20,23)(H,21,22). The van der Waals surface area contributed by atoms with Crippen molar-refractivity contribution in [2.75, 3.05) is 5.32 Å². The molecule has 0 fully saturated rings. The van der Waals surface area contributed by atoms with E-state index in [4.69, 9.17) is 4.74 Å². The molecule has 2 aromatic rings. The Morgan fingerprint density at radius 2 is 1.88 bits per heavy atom. The quantitative estimate of drug-likeness (QED) is 0.697. The molecule has 2 N–H and O–H groups in total. The molecule has 24 heavy (non-hydrogen) atoms. The minimum absolute atomic E-state index is 0.164. The highest BCUT2D eigenvalue weighted by molar-refractivity contribution is 14.1. The van der Waals surface area contributed by atoms with Gasteiger partial charge >= 0.3 is 6.09 Å². The average molecular weight is 438 g/mol. The van der Waals surface area contributed by atoms with Crippen LogP contribution in [0.15, 0.2) is 48.5 Å². The molecular weight excluding hydrogens is 419 g/mol. The second-order valence-electron chi connectivity index (χ2n) is 5.38. The topological polar surface area (TPSA) is 67.4 Å². The van der Waals surface area contributed by atoms with Crippen molar-refractivity contribution in [2.45, 2.75) is 26.5 Å². The molecule has 0 saturated carbocycles. The molecule has 0 saturated heterocycles. The van der Waals surface area contributed by atoms with E-state index in [0.29, 0.717) is 0 Å². The summed E-state index contributed by atoms with van der Waals surface area (Å²) in [6, 6.07) is 14.4.